The molecule has 1 heterocycles. The van der Waals surface area contributed by atoms with E-state index in [2.05, 4.69) is 15.5 Å². The third-order valence-electron chi connectivity index (χ3n) is 2.80. The summed E-state index contributed by atoms with van der Waals surface area (Å²) < 4.78 is 39.5. The van der Waals surface area contributed by atoms with E-state index in [0.29, 0.717) is 12.2 Å². The predicted molar refractivity (Wildman–Crippen MR) is 70.5 cm³/mol. The number of nitrogens with one attached hydrogen (secondary N) is 2. The first-order valence-corrected chi connectivity index (χ1v) is 6.20. The molecule has 0 aliphatic heterocycles. The quantitative estimate of drug-likeness (QED) is 0.848. The van der Waals surface area contributed by atoms with E-state index in [0.717, 1.165) is 17.7 Å². The zero-order valence-corrected chi connectivity index (χ0v) is 11.5. The molecule has 2 aromatic rings. The molecule has 0 fully saturated rings. The van der Waals surface area contributed by atoms with E-state index in [-0.39, 0.29) is 11.1 Å². The lowest BCUT2D eigenvalue weighted by Gasteiger charge is -2.20. The fraction of sp³-hybridized carbons (Fsp3) is 0.357. The van der Waals surface area contributed by atoms with Crippen molar-refractivity contribution in [2.24, 2.45) is 0 Å². The monoisotopic (exact) mass is 283 g/mol. The van der Waals surface area contributed by atoms with Crippen LogP contribution < -0.4 is 5.32 Å². The van der Waals surface area contributed by atoms with E-state index in [1.165, 1.54) is 0 Å². The average Bonchev–Trinajstić information content (AvgIpc) is 2.80. The highest BCUT2D eigenvalue weighted by Gasteiger charge is 2.16. The summed E-state index contributed by atoms with van der Waals surface area (Å²) >= 11 is 0. The average molecular weight is 283 g/mol. The van der Waals surface area contributed by atoms with E-state index in [4.69, 9.17) is 0 Å². The Kier molecular flexibility index (Phi) is 3.85. The lowest BCUT2D eigenvalue weighted by molar-refractivity contribution is 0.424. The van der Waals surface area contributed by atoms with E-state index in [9.17, 15) is 13.2 Å². The molecule has 108 valence electrons. The molecule has 0 atom stereocenters. The van der Waals surface area contributed by atoms with Crippen molar-refractivity contribution < 1.29 is 13.2 Å². The van der Waals surface area contributed by atoms with Crippen molar-refractivity contribution in [1.82, 2.24) is 15.5 Å². The molecular formula is C14H16F3N3. The number of halogens is 3. The zero-order valence-electron chi connectivity index (χ0n) is 11.5. The number of hydrogen-bond acceptors (Lipinski definition) is 2. The summed E-state index contributed by atoms with van der Waals surface area (Å²) in [6.45, 7) is 6.49. The molecule has 20 heavy (non-hydrogen) atoms. The molecule has 0 spiro atoms. The van der Waals surface area contributed by atoms with E-state index < -0.39 is 17.5 Å². The van der Waals surface area contributed by atoms with Gasteiger partial charge in [-0.25, -0.2) is 13.2 Å². The number of H-pyrrole nitrogens is 1. The molecule has 1 aromatic carbocycles. The van der Waals surface area contributed by atoms with Crippen molar-refractivity contribution in [1.29, 1.82) is 0 Å². The zero-order chi connectivity index (χ0) is 14.9. The Hall–Kier alpha value is -1.82. The Labute approximate surface area is 115 Å². The van der Waals surface area contributed by atoms with Gasteiger partial charge in [-0.3, -0.25) is 5.10 Å². The lowest BCUT2D eigenvalue weighted by Crippen LogP contribution is -2.35. The SMILES string of the molecule is CC(C)(C)NCc1cn[nH]c1-c1cc(F)c(F)c(F)c1. The maximum Gasteiger partial charge on any atom is 0.194 e. The molecule has 0 amide bonds. The molecule has 0 saturated heterocycles. The second-order valence-electron chi connectivity index (χ2n) is 5.63. The summed E-state index contributed by atoms with van der Waals surface area (Å²) in [5.41, 5.74) is 1.35. The van der Waals surface area contributed by atoms with Crippen LogP contribution in [0.25, 0.3) is 11.3 Å². The van der Waals surface area contributed by atoms with Gasteiger partial charge in [0, 0.05) is 23.2 Å². The predicted octanol–water partition coefficient (Wildman–Crippen LogP) is 3.38. The van der Waals surface area contributed by atoms with Gasteiger partial charge >= 0.3 is 0 Å². The Morgan fingerprint density at radius 1 is 1.15 bits per heavy atom. The fourth-order valence-electron chi connectivity index (χ4n) is 1.76. The number of nitrogens with zero attached hydrogens (tertiary/aromatic N) is 1. The number of aromatic amines is 1. The van der Waals surface area contributed by atoms with Gasteiger partial charge in [0.25, 0.3) is 0 Å². The van der Waals surface area contributed by atoms with Gasteiger partial charge in [-0.15, -0.1) is 0 Å². The highest BCUT2D eigenvalue weighted by atomic mass is 19.2. The number of aromatic nitrogens is 2. The standard InChI is InChI=1S/C14H16F3N3/c1-14(2,3)18-6-9-7-19-20-13(9)8-4-10(15)12(17)11(16)5-8/h4-5,7,18H,6H2,1-3H3,(H,19,20). The molecule has 1 aromatic heterocycles. The minimum Gasteiger partial charge on any atom is -0.308 e. The normalized spacial score (nSPS) is 11.9. The fourth-order valence-corrected chi connectivity index (χ4v) is 1.76. The highest BCUT2D eigenvalue weighted by Crippen LogP contribution is 2.25. The van der Waals surface area contributed by atoms with E-state index in [1.807, 2.05) is 20.8 Å². The summed E-state index contributed by atoms with van der Waals surface area (Å²) in [5, 5.41) is 9.82. The number of rotatable bonds is 3. The Morgan fingerprint density at radius 3 is 2.30 bits per heavy atom. The minimum absolute atomic E-state index is 0.103. The summed E-state index contributed by atoms with van der Waals surface area (Å²) in [5.74, 6) is -3.91. The molecular weight excluding hydrogens is 267 g/mol. The van der Waals surface area contributed by atoms with Crippen molar-refractivity contribution in [3.05, 3.63) is 41.3 Å². The molecule has 0 saturated carbocycles. The van der Waals surface area contributed by atoms with Crippen LogP contribution in [-0.2, 0) is 6.54 Å². The Balaban J connectivity index is 2.33. The van der Waals surface area contributed by atoms with Crippen LogP contribution in [0.4, 0.5) is 13.2 Å². The smallest absolute Gasteiger partial charge is 0.194 e. The Morgan fingerprint density at radius 2 is 1.75 bits per heavy atom. The van der Waals surface area contributed by atoms with Crippen LogP contribution in [0.15, 0.2) is 18.3 Å². The van der Waals surface area contributed by atoms with Crippen LogP contribution in [0.2, 0.25) is 0 Å². The molecule has 0 unspecified atom stereocenters. The first-order chi connectivity index (χ1) is 9.28. The van der Waals surface area contributed by atoms with Crippen LogP contribution in [0.1, 0.15) is 26.3 Å². The third kappa shape index (κ3) is 3.19. The van der Waals surface area contributed by atoms with Gasteiger partial charge in [-0.1, -0.05) is 0 Å². The first kappa shape index (κ1) is 14.6. The van der Waals surface area contributed by atoms with E-state index in [1.54, 1.807) is 6.20 Å². The van der Waals surface area contributed by atoms with Gasteiger partial charge in [-0.05, 0) is 32.9 Å². The minimum atomic E-state index is -1.47. The molecule has 6 heteroatoms. The van der Waals surface area contributed by atoms with Gasteiger partial charge in [0.2, 0.25) is 0 Å². The van der Waals surface area contributed by atoms with Crippen molar-refractivity contribution in [3.63, 3.8) is 0 Å². The summed E-state index contributed by atoms with van der Waals surface area (Å²) in [6.07, 6.45) is 1.58. The third-order valence-corrected chi connectivity index (χ3v) is 2.80. The van der Waals surface area contributed by atoms with Gasteiger partial charge < -0.3 is 5.32 Å². The second-order valence-corrected chi connectivity index (χ2v) is 5.63. The van der Waals surface area contributed by atoms with Gasteiger partial charge in [0.05, 0.1) is 11.9 Å². The lowest BCUT2D eigenvalue weighted by atomic mass is 10.1. The molecule has 0 aliphatic carbocycles. The van der Waals surface area contributed by atoms with Crippen LogP contribution in [0.5, 0.6) is 0 Å². The van der Waals surface area contributed by atoms with Crippen LogP contribution in [0, 0.1) is 17.5 Å². The maximum atomic E-state index is 13.3. The maximum absolute atomic E-state index is 13.3. The van der Waals surface area contributed by atoms with Crippen molar-refractivity contribution in [2.75, 3.05) is 0 Å². The first-order valence-electron chi connectivity index (χ1n) is 6.20. The van der Waals surface area contributed by atoms with Crippen molar-refractivity contribution in [3.8, 4) is 11.3 Å². The van der Waals surface area contributed by atoms with Gasteiger partial charge in [0.1, 0.15) is 0 Å². The number of hydrogen-bond donors (Lipinski definition) is 2. The van der Waals surface area contributed by atoms with Crippen molar-refractivity contribution >= 4 is 0 Å². The number of benzene rings is 1. The summed E-state index contributed by atoms with van der Waals surface area (Å²) in [6, 6.07) is 1.90. The second kappa shape index (κ2) is 5.28. The van der Waals surface area contributed by atoms with Crippen LogP contribution in [0.3, 0.4) is 0 Å². The van der Waals surface area contributed by atoms with E-state index >= 15 is 0 Å². The highest BCUT2D eigenvalue weighted by molar-refractivity contribution is 5.62. The molecule has 3 nitrogen and oxygen atoms in total. The van der Waals surface area contributed by atoms with Gasteiger partial charge in [0.15, 0.2) is 17.5 Å². The summed E-state index contributed by atoms with van der Waals surface area (Å²) in [4.78, 5) is 0. The molecule has 0 aliphatic rings. The van der Waals surface area contributed by atoms with Gasteiger partial charge in [-0.2, -0.15) is 5.10 Å². The molecule has 2 N–H and O–H groups in total. The van der Waals surface area contributed by atoms with Crippen molar-refractivity contribution in [2.45, 2.75) is 32.9 Å². The topological polar surface area (TPSA) is 40.7 Å². The molecule has 0 radical (unpaired) electrons. The largest absolute Gasteiger partial charge is 0.308 e. The van der Waals surface area contributed by atoms with Crippen LogP contribution in [-0.4, -0.2) is 15.7 Å². The molecule has 2 rings (SSSR count). The Bertz CT molecular complexity index is 591. The molecule has 0 bridgehead atoms. The van der Waals surface area contributed by atoms with Crippen LogP contribution >= 0.6 is 0 Å². The summed E-state index contributed by atoms with van der Waals surface area (Å²) in [7, 11) is 0.